The van der Waals surface area contributed by atoms with Crippen LogP contribution in [0.3, 0.4) is 0 Å². The van der Waals surface area contributed by atoms with Gasteiger partial charge in [-0.2, -0.15) is 37.9 Å². The van der Waals surface area contributed by atoms with Gasteiger partial charge in [0, 0.05) is 7.11 Å². The summed E-state index contributed by atoms with van der Waals surface area (Å²) in [6.07, 6.45) is 0. The van der Waals surface area contributed by atoms with Crippen molar-refractivity contribution in [3.8, 4) is 0 Å². The van der Waals surface area contributed by atoms with E-state index < -0.39 is 13.2 Å². The van der Waals surface area contributed by atoms with E-state index in [1.54, 1.807) is 7.11 Å². The van der Waals surface area contributed by atoms with E-state index in [-0.39, 0.29) is 0 Å². The maximum atomic E-state index is 4.91. The fourth-order valence-corrected chi connectivity index (χ4v) is 1.54. The Balaban J connectivity index is 3.11. The molecule has 1 nitrogen and oxygen atoms in total. The van der Waals surface area contributed by atoms with Crippen molar-refractivity contribution >= 4 is 47.6 Å². The van der Waals surface area contributed by atoms with Crippen LogP contribution in [0, 0.1) is 0 Å². The van der Waals surface area contributed by atoms with Crippen molar-refractivity contribution in [3.63, 3.8) is 0 Å². The maximum Gasteiger partial charge on any atom is 0.164 e. The van der Waals surface area contributed by atoms with Gasteiger partial charge in [-0.1, -0.05) is 0 Å². The Morgan fingerprint density at radius 2 is 2.00 bits per heavy atom. The lowest BCUT2D eigenvalue weighted by Crippen LogP contribution is -2.07. The second kappa shape index (κ2) is 4.11. The van der Waals surface area contributed by atoms with Gasteiger partial charge < -0.3 is 4.43 Å². The van der Waals surface area contributed by atoms with Gasteiger partial charge in [-0.05, 0) is 6.04 Å². The van der Waals surface area contributed by atoms with E-state index >= 15 is 0 Å². The summed E-state index contributed by atoms with van der Waals surface area (Å²) in [5.41, 5.74) is 0. The normalized spacial score (nSPS) is 13.5. The monoisotopic (exact) mass is 186 g/mol. The van der Waals surface area contributed by atoms with Crippen LogP contribution < -0.4 is 0 Å². The third-order valence-corrected chi connectivity index (χ3v) is 3.94. The number of hydrogen-bond acceptors (Lipinski definition) is 4. The Morgan fingerprint density at radius 3 is 2.12 bits per heavy atom. The van der Waals surface area contributed by atoms with Crippen LogP contribution in [0.15, 0.2) is 0 Å². The molecule has 0 bridgehead atoms. The molecule has 0 heterocycles. The molecule has 0 aromatic carbocycles. The number of thiol groups is 3. The zero-order chi connectivity index (χ0) is 6.62. The molecule has 0 amide bonds. The minimum atomic E-state index is -0.428. The fourth-order valence-electron chi connectivity index (χ4n) is 0.239. The van der Waals surface area contributed by atoms with E-state index in [1.807, 2.05) is 0 Å². The van der Waals surface area contributed by atoms with E-state index in [0.29, 0.717) is 0 Å². The predicted molar refractivity (Wildman–Crippen MR) is 50.0 cm³/mol. The summed E-state index contributed by atoms with van der Waals surface area (Å²) >= 11 is 12.2. The smallest absolute Gasteiger partial charge is 0.164 e. The van der Waals surface area contributed by atoms with Gasteiger partial charge in [-0.15, -0.1) is 0 Å². The highest BCUT2D eigenvalue weighted by Crippen LogP contribution is 2.27. The second-order valence-corrected chi connectivity index (χ2v) is 6.35. The second-order valence-electron chi connectivity index (χ2n) is 1.52. The van der Waals surface area contributed by atoms with Gasteiger partial charge in [0.15, 0.2) is 9.76 Å². The van der Waals surface area contributed by atoms with Crippen LogP contribution in [0.2, 0.25) is 6.04 Å². The highest BCUT2D eigenvalue weighted by Gasteiger charge is 2.12. The van der Waals surface area contributed by atoms with Crippen LogP contribution in [0.25, 0.3) is 0 Å². The third kappa shape index (κ3) is 7.23. The van der Waals surface area contributed by atoms with E-state index in [1.165, 1.54) is 0 Å². The van der Waals surface area contributed by atoms with Crippen molar-refractivity contribution in [2.24, 2.45) is 0 Å². The molecule has 0 aliphatic carbocycles. The molecule has 0 aromatic heterocycles. The molecular weight excluding hydrogens is 176 g/mol. The van der Waals surface area contributed by atoms with Crippen LogP contribution in [0.1, 0.15) is 0 Å². The molecule has 0 aromatic rings. The first-order chi connectivity index (χ1) is 3.56. The first-order valence-corrected chi connectivity index (χ1v) is 5.14. The van der Waals surface area contributed by atoms with Crippen molar-refractivity contribution in [1.82, 2.24) is 0 Å². The lowest BCUT2D eigenvalue weighted by atomic mass is 10.9. The number of hydrogen-bond donors (Lipinski definition) is 3. The summed E-state index contributed by atoms with van der Waals surface area (Å²) in [5.74, 6) is 0. The summed E-state index contributed by atoms with van der Waals surface area (Å²) < 4.78 is 4.48. The standard InChI is InChI=1S/C3H10OS3Si/c1-4-8-2-3(5,6)7/h5-7H,2,8H2,1H3. The van der Waals surface area contributed by atoms with Crippen LogP contribution in [0.4, 0.5) is 0 Å². The van der Waals surface area contributed by atoms with Crippen LogP contribution in [0.5, 0.6) is 0 Å². The van der Waals surface area contributed by atoms with E-state index in [0.717, 1.165) is 6.04 Å². The van der Waals surface area contributed by atoms with Gasteiger partial charge in [-0.25, -0.2) is 0 Å². The predicted octanol–water partition coefficient (Wildman–Crippen LogP) is 0.578. The lowest BCUT2D eigenvalue weighted by molar-refractivity contribution is 0.441. The van der Waals surface area contributed by atoms with Crippen molar-refractivity contribution < 1.29 is 4.43 Å². The number of rotatable bonds is 3. The van der Waals surface area contributed by atoms with Gasteiger partial charge >= 0.3 is 0 Å². The summed E-state index contributed by atoms with van der Waals surface area (Å²) in [7, 11) is 1.29. The average Bonchev–Trinajstić information content (AvgIpc) is 1.59. The minimum Gasteiger partial charge on any atom is -0.427 e. The molecule has 0 unspecified atom stereocenters. The van der Waals surface area contributed by atoms with Crippen LogP contribution >= 0.6 is 37.9 Å². The van der Waals surface area contributed by atoms with E-state index in [4.69, 9.17) is 4.43 Å². The first kappa shape index (κ1) is 9.23. The topological polar surface area (TPSA) is 9.23 Å². The molecule has 0 aliphatic rings. The fraction of sp³-hybridized carbons (Fsp3) is 1.00. The molecule has 0 atom stereocenters. The molecule has 50 valence electrons. The average molecular weight is 186 g/mol. The van der Waals surface area contributed by atoms with Crippen LogP contribution in [-0.4, -0.2) is 20.3 Å². The first-order valence-electron chi connectivity index (χ1n) is 2.22. The zero-order valence-electron chi connectivity index (χ0n) is 4.66. The largest absolute Gasteiger partial charge is 0.427 e. The van der Waals surface area contributed by atoms with Gasteiger partial charge in [0.05, 0.1) is 3.41 Å². The Morgan fingerprint density at radius 1 is 1.50 bits per heavy atom. The minimum absolute atomic E-state index is 0.412. The van der Waals surface area contributed by atoms with Crippen molar-refractivity contribution in [1.29, 1.82) is 0 Å². The molecule has 0 radical (unpaired) electrons. The molecule has 0 N–H and O–H groups in total. The summed E-state index contributed by atoms with van der Waals surface area (Å²) in [6, 6.07) is 0.874. The molecule has 5 heteroatoms. The molecular formula is C3H10OS3Si. The molecule has 0 rings (SSSR count). The highest BCUT2D eigenvalue weighted by atomic mass is 32.2. The summed E-state index contributed by atoms with van der Waals surface area (Å²) in [5, 5.41) is 0. The van der Waals surface area contributed by atoms with Gasteiger partial charge in [0.1, 0.15) is 0 Å². The Labute approximate surface area is 68.7 Å². The molecule has 0 saturated heterocycles. The quantitative estimate of drug-likeness (QED) is 0.332. The Bertz CT molecular complexity index is 62.0. The molecule has 0 aliphatic heterocycles. The molecule has 8 heavy (non-hydrogen) atoms. The summed E-state index contributed by atoms with van der Waals surface area (Å²) in [4.78, 5) is 0. The summed E-state index contributed by atoms with van der Waals surface area (Å²) in [6.45, 7) is 0. The van der Waals surface area contributed by atoms with Gasteiger partial charge in [0.25, 0.3) is 0 Å². The maximum absolute atomic E-state index is 4.91. The third-order valence-electron chi connectivity index (χ3n) is 0.642. The van der Waals surface area contributed by atoms with Crippen molar-refractivity contribution in [2.75, 3.05) is 7.11 Å². The van der Waals surface area contributed by atoms with Gasteiger partial charge in [0.2, 0.25) is 0 Å². The van der Waals surface area contributed by atoms with Crippen molar-refractivity contribution in [2.45, 2.75) is 9.46 Å². The van der Waals surface area contributed by atoms with E-state index in [2.05, 4.69) is 37.9 Å². The van der Waals surface area contributed by atoms with Gasteiger partial charge in [-0.3, -0.25) is 0 Å². The Kier molecular flexibility index (Phi) is 4.74. The zero-order valence-corrected chi connectivity index (χ0v) is 8.76. The van der Waals surface area contributed by atoms with Crippen molar-refractivity contribution in [3.05, 3.63) is 0 Å². The highest BCUT2D eigenvalue weighted by molar-refractivity contribution is 8.17. The molecule has 0 spiro atoms. The lowest BCUT2D eigenvalue weighted by Gasteiger charge is -2.12. The van der Waals surface area contributed by atoms with E-state index in [9.17, 15) is 0 Å². The SMILES string of the molecule is CO[SiH2]CC(S)(S)S. The molecule has 0 fully saturated rings. The molecule has 0 saturated carbocycles. The Hall–Kier alpha value is 1.23. The van der Waals surface area contributed by atoms with Crippen LogP contribution in [-0.2, 0) is 4.43 Å².